The maximum Gasteiger partial charge on any atom is 0.282 e. The summed E-state index contributed by atoms with van der Waals surface area (Å²) in [6.45, 7) is 4.00. The van der Waals surface area contributed by atoms with E-state index < -0.39 is 5.60 Å². The molecular formula is C14H17ClN3OS+. The zero-order chi connectivity index (χ0) is 14.0. The van der Waals surface area contributed by atoms with E-state index in [1.807, 2.05) is 24.3 Å². The summed E-state index contributed by atoms with van der Waals surface area (Å²) in [6.07, 6.45) is 1.12. The second kappa shape index (κ2) is 5.76. The van der Waals surface area contributed by atoms with E-state index in [0.29, 0.717) is 5.94 Å². The number of rotatable bonds is 2. The fourth-order valence-electron chi connectivity index (χ4n) is 2.27. The van der Waals surface area contributed by atoms with E-state index in [-0.39, 0.29) is 0 Å². The van der Waals surface area contributed by atoms with Gasteiger partial charge in [-0.15, -0.1) is 0 Å². The Balaban J connectivity index is 1.91. The molecule has 2 aliphatic rings. The Kier molecular flexibility index (Phi) is 4.01. The minimum absolute atomic E-state index is 0.495. The molecule has 0 aromatic heterocycles. The third kappa shape index (κ3) is 2.71. The Morgan fingerprint density at radius 3 is 2.90 bits per heavy atom. The van der Waals surface area contributed by atoms with Gasteiger partial charge in [0, 0.05) is 11.4 Å². The highest BCUT2D eigenvalue weighted by molar-refractivity contribution is 8.14. The highest BCUT2D eigenvalue weighted by atomic mass is 35.5. The van der Waals surface area contributed by atoms with Crippen molar-refractivity contribution in [1.29, 1.82) is 0 Å². The van der Waals surface area contributed by atoms with Gasteiger partial charge in [-0.3, -0.25) is 10.3 Å². The summed E-state index contributed by atoms with van der Waals surface area (Å²) in [7, 11) is 0. The maximum absolute atomic E-state index is 5.93. The SMILES string of the molecule is CC1(C2=[NH+]CCCN2)OCSC1=Nc1ccc(Cl)cc1. The summed E-state index contributed by atoms with van der Waals surface area (Å²) in [5, 5.41) is 5.08. The summed E-state index contributed by atoms with van der Waals surface area (Å²) in [4.78, 5) is 8.11. The molecule has 1 fully saturated rings. The molecule has 6 heteroatoms. The molecule has 1 aromatic carbocycles. The van der Waals surface area contributed by atoms with Crippen LogP contribution in [0, 0.1) is 0 Å². The molecule has 20 heavy (non-hydrogen) atoms. The molecule has 0 bridgehead atoms. The molecule has 106 valence electrons. The Hall–Kier alpha value is -1.04. The first-order chi connectivity index (χ1) is 9.68. The van der Waals surface area contributed by atoms with Crippen LogP contribution in [-0.4, -0.2) is 35.5 Å². The number of hydrogen-bond acceptors (Lipinski definition) is 4. The van der Waals surface area contributed by atoms with Crippen molar-refractivity contribution in [3.8, 4) is 0 Å². The molecule has 0 saturated carbocycles. The van der Waals surface area contributed by atoms with Crippen LogP contribution in [0.15, 0.2) is 29.3 Å². The van der Waals surface area contributed by atoms with E-state index in [2.05, 4.69) is 17.2 Å². The van der Waals surface area contributed by atoms with Crippen LogP contribution in [0.1, 0.15) is 13.3 Å². The van der Waals surface area contributed by atoms with Crippen LogP contribution in [0.5, 0.6) is 0 Å². The normalized spacial score (nSPS) is 28.3. The van der Waals surface area contributed by atoms with Crippen molar-refractivity contribution in [2.75, 3.05) is 19.0 Å². The number of thioether (sulfide) groups is 1. The molecule has 1 atom stereocenters. The smallest absolute Gasteiger partial charge is 0.282 e. The second-order valence-electron chi connectivity index (χ2n) is 4.92. The summed E-state index contributed by atoms with van der Waals surface area (Å²) in [6, 6.07) is 7.54. The lowest BCUT2D eigenvalue weighted by Crippen LogP contribution is -2.84. The number of ether oxygens (including phenoxy) is 1. The average Bonchev–Trinajstić information content (AvgIpc) is 2.85. The topological polar surface area (TPSA) is 47.6 Å². The zero-order valence-electron chi connectivity index (χ0n) is 11.3. The van der Waals surface area contributed by atoms with E-state index in [1.165, 1.54) is 0 Å². The molecular weight excluding hydrogens is 294 g/mol. The van der Waals surface area contributed by atoms with Gasteiger partial charge in [0.2, 0.25) is 5.60 Å². The van der Waals surface area contributed by atoms with Gasteiger partial charge < -0.3 is 4.74 Å². The molecule has 4 nitrogen and oxygen atoms in total. The van der Waals surface area contributed by atoms with Gasteiger partial charge >= 0.3 is 0 Å². The van der Waals surface area contributed by atoms with Gasteiger partial charge in [0.1, 0.15) is 11.0 Å². The predicted octanol–water partition coefficient (Wildman–Crippen LogP) is 1.32. The van der Waals surface area contributed by atoms with E-state index in [1.54, 1.807) is 11.8 Å². The molecule has 1 unspecified atom stereocenters. The van der Waals surface area contributed by atoms with Gasteiger partial charge in [-0.25, -0.2) is 4.99 Å². The molecule has 2 aliphatic heterocycles. The monoisotopic (exact) mass is 310 g/mol. The van der Waals surface area contributed by atoms with E-state index in [4.69, 9.17) is 21.3 Å². The highest BCUT2D eigenvalue weighted by Crippen LogP contribution is 2.32. The van der Waals surface area contributed by atoms with E-state index in [0.717, 1.165) is 41.1 Å². The van der Waals surface area contributed by atoms with Gasteiger partial charge in [-0.05, 0) is 31.2 Å². The van der Waals surface area contributed by atoms with Crippen molar-refractivity contribution in [2.45, 2.75) is 18.9 Å². The molecule has 1 aromatic rings. The lowest BCUT2D eigenvalue weighted by atomic mass is 10.1. The van der Waals surface area contributed by atoms with Crippen LogP contribution in [0.25, 0.3) is 0 Å². The molecule has 3 rings (SSSR count). The van der Waals surface area contributed by atoms with Gasteiger partial charge in [0.05, 0.1) is 18.8 Å². The van der Waals surface area contributed by atoms with E-state index in [9.17, 15) is 0 Å². The Bertz CT molecular complexity index is 558. The predicted molar refractivity (Wildman–Crippen MR) is 84.0 cm³/mol. The van der Waals surface area contributed by atoms with Crippen LogP contribution in [0.4, 0.5) is 5.69 Å². The Morgan fingerprint density at radius 2 is 2.20 bits per heavy atom. The van der Waals surface area contributed by atoms with Crippen molar-refractivity contribution < 1.29 is 9.73 Å². The molecule has 0 spiro atoms. The number of nitrogens with zero attached hydrogens (tertiary/aromatic N) is 1. The fraction of sp³-hybridized carbons (Fsp3) is 0.429. The van der Waals surface area contributed by atoms with Gasteiger partial charge in [0.15, 0.2) is 0 Å². The van der Waals surface area contributed by atoms with E-state index >= 15 is 0 Å². The van der Waals surface area contributed by atoms with Gasteiger partial charge in [0.25, 0.3) is 5.84 Å². The molecule has 2 N–H and O–H groups in total. The maximum atomic E-state index is 5.93. The van der Waals surface area contributed by atoms with Crippen LogP contribution in [0.2, 0.25) is 5.02 Å². The highest BCUT2D eigenvalue weighted by Gasteiger charge is 2.47. The van der Waals surface area contributed by atoms with Crippen molar-refractivity contribution >= 4 is 39.9 Å². The summed E-state index contributed by atoms with van der Waals surface area (Å²) in [5.41, 5.74) is 0.398. The minimum Gasteiger partial charge on any atom is -0.345 e. The standard InChI is InChI=1S/C14H16ClN3OS/c1-14(12-16-7-2-8-17-12)13(20-9-19-14)18-11-5-3-10(15)4-6-11/h3-6H,2,7-9H2,1H3,(H,16,17)/p+1. The molecule has 0 aliphatic carbocycles. The number of aliphatic imine (C=N–C) groups is 1. The average molecular weight is 311 g/mol. The summed E-state index contributed by atoms with van der Waals surface area (Å²) >= 11 is 7.54. The van der Waals surface area contributed by atoms with Crippen molar-refractivity contribution in [1.82, 2.24) is 5.32 Å². The molecule has 1 saturated heterocycles. The number of benzene rings is 1. The van der Waals surface area contributed by atoms with Crippen molar-refractivity contribution in [3.05, 3.63) is 29.3 Å². The van der Waals surface area contributed by atoms with Gasteiger partial charge in [-0.2, -0.15) is 0 Å². The van der Waals surface area contributed by atoms with Crippen LogP contribution in [0.3, 0.4) is 0 Å². The molecule has 2 heterocycles. The Labute approximate surface area is 127 Å². The first-order valence-corrected chi connectivity index (χ1v) is 8.01. The largest absolute Gasteiger partial charge is 0.345 e. The molecule has 0 amide bonds. The Morgan fingerprint density at radius 1 is 1.40 bits per heavy atom. The number of halogens is 1. The third-order valence-corrected chi connectivity index (χ3v) is 4.68. The third-order valence-electron chi connectivity index (χ3n) is 3.44. The van der Waals surface area contributed by atoms with Crippen LogP contribution >= 0.6 is 23.4 Å². The molecule has 0 radical (unpaired) electrons. The number of hydrogen-bond donors (Lipinski definition) is 2. The van der Waals surface area contributed by atoms with Gasteiger partial charge in [-0.1, -0.05) is 23.4 Å². The minimum atomic E-state index is -0.495. The fourth-order valence-corrected chi connectivity index (χ4v) is 3.41. The lowest BCUT2D eigenvalue weighted by Gasteiger charge is -2.23. The number of amidine groups is 1. The number of nitrogens with one attached hydrogen (secondary N) is 2. The first kappa shape index (κ1) is 13.9. The zero-order valence-corrected chi connectivity index (χ0v) is 12.9. The van der Waals surface area contributed by atoms with Crippen molar-refractivity contribution in [3.63, 3.8) is 0 Å². The van der Waals surface area contributed by atoms with Crippen LogP contribution < -0.4 is 10.3 Å². The lowest BCUT2D eigenvalue weighted by molar-refractivity contribution is -0.468. The quantitative estimate of drug-likeness (QED) is 0.866. The second-order valence-corrected chi connectivity index (χ2v) is 6.26. The first-order valence-electron chi connectivity index (χ1n) is 6.65. The van der Waals surface area contributed by atoms with Crippen LogP contribution in [-0.2, 0) is 4.74 Å². The van der Waals surface area contributed by atoms with Crippen molar-refractivity contribution in [2.24, 2.45) is 4.99 Å². The summed E-state index contributed by atoms with van der Waals surface area (Å²) < 4.78 is 5.93. The summed E-state index contributed by atoms with van der Waals surface area (Å²) in [5.74, 6) is 1.64.